The Hall–Kier alpha value is -2.54. The number of carbonyl (C=O) groups is 1. The van der Waals surface area contributed by atoms with E-state index < -0.39 is 0 Å². The zero-order valence-electron chi connectivity index (χ0n) is 13.9. The topological polar surface area (TPSA) is 88.2 Å². The number of morpholine rings is 1. The second-order valence-corrected chi connectivity index (χ2v) is 6.46. The van der Waals surface area contributed by atoms with Crippen LogP contribution in [0.15, 0.2) is 29.5 Å². The van der Waals surface area contributed by atoms with Crippen molar-refractivity contribution in [3.8, 4) is 0 Å². The van der Waals surface area contributed by atoms with Gasteiger partial charge in [0.05, 0.1) is 25.0 Å². The van der Waals surface area contributed by atoms with Gasteiger partial charge in [-0.3, -0.25) is 19.6 Å². The van der Waals surface area contributed by atoms with Gasteiger partial charge < -0.3 is 14.6 Å². The predicted octanol–water partition coefficient (Wildman–Crippen LogP) is 1.26. The number of aryl methyl sites for hydroxylation is 2. The predicted molar refractivity (Wildman–Crippen MR) is 90.3 cm³/mol. The third-order valence-electron chi connectivity index (χ3n) is 4.84. The fraction of sp³-hybridized carbons (Fsp3) is 0.444. The van der Waals surface area contributed by atoms with Crippen LogP contribution in [0.2, 0.25) is 0 Å². The molecule has 0 aromatic carbocycles. The number of amides is 1. The third kappa shape index (κ3) is 3.19. The molecule has 130 valence electrons. The average molecular weight is 340 g/mol. The van der Waals surface area contributed by atoms with E-state index in [0.29, 0.717) is 25.4 Å². The van der Waals surface area contributed by atoms with Crippen molar-refractivity contribution < 1.29 is 9.53 Å². The normalized spacial score (nSPS) is 20.2. The van der Waals surface area contributed by atoms with Crippen molar-refractivity contribution in [2.75, 3.05) is 19.7 Å². The largest absolute Gasteiger partial charge is 0.368 e. The van der Waals surface area contributed by atoms with Crippen LogP contribution in [0.3, 0.4) is 0 Å². The molecule has 3 heterocycles. The minimum atomic E-state index is -0.317. The average Bonchev–Trinajstić information content (AvgIpc) is 2.68. The van der Waals surface area contributed by atoms with Crippen LogP contribution in [0.1, 0.15) is 46.3 Å². The summed E-state index contributed by atoms with van der Waals surface area (Å²) >= 11 is 0. The van der Waals surface area contributed by atoms with Gasteiger partial charge in [-0.15, -0.1) is 0 Å². The van der Waals surface area contributed by atoms with Crippen LogP contribution in [-0.2, 0) is 17.6 Å². The standard InChI is InChI=1S/C18H20N4O3/c23-17-13(9-12-3-1-2-4-14(12)21-17)18(24)22-7-8-25-16(11-22)15-10-19-5-6-20-15/h5-6,9-10,16H,1-4,7-8,11H2,(H,21,23)/t16-/m0/s1. The maximum Gasteiger partial charge on any atom is 0.261 e. The Kier molecular flexibility index (Phi) is 4.31. The molecular formula is C18H20N4O3. The smallest absolute Gasteiger partial charge is 0.261 e. The van der Waals surface area contributed by atoms with Gasteiger partial charge in [0.1, 0.15) is 11.7 Å². The summed E-state index contributed by atoms with van der Waals surface area (Å²) in [6.45, 7) is 1.25. The zero-order chi connectivity index (χ0) is 17.2. The molecule has 0 bridgehead atoms. The van der Waals surface area contributed by atoms with Crippen LogP contribution in [0.4, 0.5) is 0 Å². The van der Waals surface area contributed by atoms with Gasteiger partial charge in [0.25, 0.3) is 11.5 Å². The molecule has 7 nitrogen and oxygen atoms in total. The molecular weight excluding hydrogens is 320 g/mol. The Bertz CT molecular complexity index is 834. The lowest BCUT2D eigenvalue weighted by atomic mass is 9.95. The Morgan fingerprint density at radius 1 is 1.28 bits per heavy atom. The van der Waals surface area contributed by atoms with Crippen LogP contribution < -0.4 is 5.56 Å². The minimum absolute atomic E-state index is 0.223. The van der Waals surface area contributed by atoms with Crippen LogP contribution in [0.25, 0.3) is 0 Å². The quantitative estimate of drug-likeness (QED) is 0.889. The van der Waals surface area contributed by atoms with Gasteiger partial charge in [0.15, 0.2) is 0 Å². The maximum absolute atomic E-state index is 12.9. The molecule has 2 aromatic rings. The first-order valence-corrected chi connectivity index (χ1v) is 8.64. The summed E-state index contributed by atoms with van der Waals surface area (Å²) in [5.41, 5.74) is 2.69. The van der Waals surface area contributed by atoms with Gasteiger partial charge in [0.2, 0.25) is 0 Å². The van der Waals surface area contributed by atoms with E-state index in [2.05, 4.69) is 15.0 Å². The number of carbonyl (C=O) groups excluding carboxylic acids is 1. The maximum atomic E-state index is 12.9. The molecule has 1 fully saturated rings. The number of H-pyrrole nitrogens is 1. The van der Waals surface area contributed by atoms with Crippen LogP contribution >= 0.6 is 0 Å². The summed E-state index contributed by atoms with van der Waals surface area (Å²) < 4.78 is 5.72. The first-order chi connectivity index (χ1) is 12.2. The number of rotatable bonds is 2. The third-order valence-corrected chi connectivity index (χ3v) is 4.84. The highest BCUT2D eigenvalue weighted by Crippen LogP contribution is 2.22. The number of nitrogens with zero attached hydrogens (tertiary/aromatic N) is 3. The number of pyridine rings is 1. The molecule has 1 atom stereocenters. The highest BCUT2D eigenvalue weighted by Gasteiger charge is 2.29. The molecule has 1 aliphatic carbocycles. The first-order valence-electron chi connectivity index (χ1n) is 8.64. The summed E-state index contributed by atoms with van der Waals surface area (Å²) in [5, 5.41) is 0. The fourth-order valence-corrected chi connectivity index (χ4v) is 3.49. The Labute approximate surface area is 145 Å². The van der Waals surface area contributed by atoms with Gasteiger partial charge in [0, 0.05) is 24.6 Å². The minimum Gasteiger partial charge on any atom is -0.368 e. The molecule has 1 saturated heterocycles. The van der Waals surface area contributed by atoms with Gasteiger partial charge in [-0.2, -0.15) is 0 Å². The van der Waals surface area contributed by atoms with Crippen LogP contribution in [-0.4, -0.2) is 45.5 Å². The molecule has 1 amide bonds. The van der Waals surface area contributed by atoms with Gasteiger partial charge in [-0.1, -0.05) is 0 Å². The van der Waals surface area contributed by atoms with Crippen molar-refractivity contribution >= 4 is 5.91 Å². The summed E-state index contributed by atoms with van der Waals surface area (Å²) in [5.74, 6) is -0.244. The number of aromatic nitrogens is 3. The summed E-state index contributed by atoms with van der Waals surface area (Å²) in [4.78, 5) is 38.1. The molecule has 1 aliphatic heterocycles. The Morgan fingerprint density at radius 3 is 3.00 bits per heavy atom. The van der Waals surface area contributed by atoms with E-state index >= 15 is 0 Å². The van der Waals surface area contributed by atoms with Crippen molar-refractivity contribution in [2.45, 2.75) is 31.8 Å². The van der Waals surface area contributed by atoms with E-state index in [0.717, 1.165) is 36.9 Å². The van der Waals surface area contributed by atoms with Crippen LogP contribution in [0.5, 0.6) is 0 Å². The lowest BCUT2D eigenvalue weighted by Crippen LogP contribution is -2.44. The summed E-state index contributed by atoms with van der Waals surface area (Å²) in [6.07, 6.45) is 8.50. The van der Waals surface area contributed by atoms with E-state index in [4.69, 9.17) is 4.74 Å². The molecule has 0 spiro atoms. The van der Waals surface area contributed by atoms with Crippen molar-refractivity contribution in [3.05, 3.63) is 57.5 Å². The second-order valence-electron chi connectivity index (χ2n) is 6.46. The number of hydrogen-bond acceptors (Lipinski definition) is 5. The van der Waals surface area contributed by atoms with E-state index in [-0.39, 0.29) is 23.1 Å². The van der Waals surface area contributed by atoms with Crippen molar-refractivity contribution in [3.63, 3.8) is 0 Å². The van der Waals surface area contributed by atoms with Gasteiger partial charge >= 0.3 is 0 Å². The van der Waals surface area contributed by atoms with E-state index in [1.54, 1.807) is 29.6 Å². The summed E-state index contributed by atoms with van der Waals surface area (Å²) in [7, 11) is 0. The molecule has 25 heavy (non-hydrogen) atoms. The lowest BCUT2D eigenvalue weighted by molar-refractivity contribution is -0.0249. The number of ether oxygens (including phenoxy) is 1. The SMILES string of the molecule is O=C(c1cc2c([nH]c1=O)CCCC2)N1CCO[C@H](c2cnccn2)C1. The summed E-state index contributed by atoms with van der Waals surface area (Å²) in [6, 6.07) is 1.78. The highest BCUT2D eigenvalue weighted by molar-refractivity contribution is 5.94. The number of aromatic amines is 1. The van der Waals surface area contributed by atoms with Gasteiger partial charge in [-0.25, -0.2) is 0 Å². The molecule has 0 radical (unpaired) electrons. The van der Waals surface area contributed by atoms with Crippen molar-refractivity contribution in [1.82, 2.24) is 19.9 Å². The molecule has 7 heteroatoms. The molecule has 2 aliphatic rings. The number of hydrogen-bond donors (Lipinski definition) is 1. The molecule has 2 aromatic heterocycles. The van der Waals surface area contributed by atoms with E-state index in [9.17, 15) is 9.59 Å². The molecule has 1 N–H and O–H groups in total. The van der Waals surface area contributed by atoms with E-state index in [1.165, 1.54) is 0 Å². The molecule has 0 unspecified atom stereocenters. The fourth-order valence-electron chi connectivity index (χ4n) is 3.49. The highest BCUT2D eigenvalue weighted by atomic mass is 16.5. The van der Waals surface area contributed by atoms with Crippen molar-refractivity contribution in [1.29, 1.82) is 0 Å². The second kappa shape index (κ2) is 6.76. The van der Waals surface area contributed by atoms with Crippen molar-refractivity contribution in [2.24, 2.45) is 0 Å². The number of fused-ring (bicyclic) bond motifs is 1. The molecule has 0 saturated carbocycles. The Balaban J connectivity index is 1.57. The van der Waals surface area contributed by atoms with Crippen LogP contribution in [0, 0.1) is 0 Å². The lowest BCUT2D eigenvalue weighted by Gasteiger charge is -2.32. The molecule has 4 rings (SSSR count). The first kappa shape index (κ1) is 16.0. The zero-order valence-corrected chi connectivity index (χ0v) is 13.9. The monoisotopic (exact) mass is 340 g/mol. The number of nitrogens with one attached hydrogen (secondary N) is 1. The Morgan fingerprint density at radius 2 is 2.16 bits per heavy atom. The van der Waals surface area contributed by atoms with E-state index in [1.807, 2.05) is 0 Å². The van der Waals surface area contributed by atoms with Gasteiger partial charge in [-0.05, 0) is 37.3 Å².